The van der Waals surface area contributed by atoms with Gasteiger partial charge in [0.2, 0.25) is 10.0 Å². The number of nitrogens with one attached hydrogen (secondary N) is 1. The van der Waals surface area contributed by atoms with E-state index >= 15 is 0 Å². The second kappa shape index (κ2) is 6.99. The van der Waals surface area contributed by atoms with Crippen LogP contribution in [0.25, 0.3) is 0 Å². The average molecular weight is 348 g/mol. The number of rotatable bonds is 7. The fraction of sp³-hybridized carbons (Fsp3) is 0.385. The number of sulfonamides is 1. The van der Waals surface area contributed by atoms with Crippen LogP contribution < -0.4 is 4.72 Å². The van der Waals surface area contributed by atoms with Gasteiger partial charge in [-0.05, 0) is 24.1 Å². The van der Waals surface area contributed by atoms with Crippen molar-refractivity contribution in [2.45, 2.75) is 25.6 Å². The Kier molecular flexibility index (Phi) is 5.24. The SMILES string of the molecule is O=S(=O)(CCCC(F)(F)F)Nc1ccc(Cn2cncn2)cc1. The molecule has 1 heterocycles. The van der Waals surface area contributed by atoms with Crippen LogP contribution in [0.4, 0.5) is 18.9 Å². The molecule has 1 aromatic carbocycles. The fourth-order valence-corrected chi connectivity index (χ4v) is 2.99. The molecule has 0 bridgehead atoms. The van der Waals surface area contributed by atoms with Gasteiger partial charge in [0.15, 0.2) is 0 Å². The normalized spacial score (nSPS) is 12.3. The smallest absolute Gasteiger partial charge is 0.284 e. The van der Waals surface area contributed by atoms with E-state index < -0.39 is 34.8 Å². The Morgan fingerprint density at radius 1 is 1.17 bits per heavy atom. The molecule has 6 nitrogen and oxygen atoms in total. The summed E-state index contributed by atoms with van der Waals surface area (Å²) in [6, 6.07) is 6.51. The summed E-state index contributed by atoms with van der Waals surface area (Å²) in [6.07, 6.45) is -2.98. The Hall–Kier alpha value is -2.10. The third-order valence-corrected chi connectivity index (χ3v) is 4.28. The number of benzene rings is 1. The molecule has 0 fully saturated rings. The number of alkyl halides is 3. The van der Waals surface area contributed by atoms with Crippen molar-refractivity contribution in [3.8, 4) is 0 Å². The average Bonchev–Trinajstić information content (AvgIpc) is 2.92. The van der Waals surface area contributed by atoms with Gasteiger partial charge >= 0.3 is 6.18 Å². The van der Waals surface area contributed by atoms with Gasteiger partial charge < -0.3 is 0 Å². The van der Waals surface area contributed by atoms with E-state index in [1.807, 2.05) is 0 Å². The molecular formula is C13H15F3N4O2S. The second-order valence-corrected chi connectivity index (χ2v) is 6.77. The number of hydrogen-bond donors (Lipinski definition) is 1. The number of hydrogen-bond acceptors (Lipinski definition) is 4. The van der Waals surface area contributed by atoms with Crippen molar-refractivity contribution in [3.63, 3.8) is 0 Å². The van der Waals surface area contributed by atoms with Crippen LogP contribution in [0, 0.1) is 0 Å². The number of nitrogens with zero attached hydrogens (tertiary/aromatic N) is 3. The topological polar surface area (TPSA) is 76.9 Å². The summed E-state index contributed by atoms with van der Waals surface area (Å²) in [7, 11) is -3.80. The van der Waals surface area contributed by atoms with Crippen molar-refractivity contribution in [2.24, 2.45) is 0 Å². The fourth-order valence-electron chi connectivity index (χ4n) is 1.87. The van der Waals surface area contributed by atoms with E-state index in [1.165, 1.54) is 6.33 Å². The van der Waals surface area contributed by atoms with Gasteiger partial charge in [-0.1, -0.05) is 12.1 Å². The van der Waals surface area contributed by atoms with Crippen LogP contribution >= 0.6 is 0 Å². The zero-order valence-electron chi connectivity index (χ0n) is 12.0. The summed E-state index contributed by atoms with van der Waals surface area (Å²) in [6.45, 7) is 0.485. The molecule has 10 heteroatoms. The minimum Gasteiger partial charge on any atom is -0.284 e. The molecule has 0 amide bonds. The van der Waals surface area contributed by atoms with Gasteiger partial charge in [-0.2, -0.15) is 18.3 Å². The van der Waals surface area contributed by atoms with Gasteiger partial charge in [0, 0.05) is 12.1 Å². The van der Waals surface area contributed by atoms with Gasteiger partial charge in [0.05, 0.1) is 12.3 Å². The van der Waals surface area contributed by atoms with E-state index in [-0.39, 0.29) is 0 Å². The van der Waals surface area contributed by atoms with E-state index in [9.17, 15) is 21.6 Å². The minimum absolute atomic E-state index is 0.305. The maximum Gasteiger partial charge on any atom is 0.389 e. The van der Waals surface area contributed by atoms with Gasteiger partial charge in [-0.25, -0.2) is 18.1 Å². The summed E-state index contributed by atoms with van der Waals surface area (Å²) in [5, 5.41) is 3.95. The third-order valence-electron chi connectivity index (χ3n) is 2.91. The molecule has 0 aliphatic heterocycles. The molecule has 0 radical (unpaired) electrons. The monoisotopic (exact) mass is 348 g/mol. The van der Waals surface area contributed by atoms with Crippen molar-refractivity contribution in [1.29, 1.82) is 0 Å². The summed E-state index contributed by atoms with van der Waals surface area (Å²) in [4.78, 5) is 3.81. The predicted molar refractivity (Wildman–Crippen MR) is 78.3 cm³/mol. The Morgan fingerprint density at radius 3 is 2.43 bits per heavy atom. The quantitative estimate of drug-likeness (QED) is 0.834. The lowest BCUT2D eigenvalue weighted by Crippen LogP contribution is -2.18. The van der Waals surface area contributed by atoms with Gasteiger partial charge in [0.25, 0.3) is 0 Å². The largest absolute Gasteiger partial charge is 0.389 e. The van der Waals surface area contributed by atoms with E-state index in [0.29, 0.717) is 12.2 Å². The van der Waals surface area contributed by atoms with E-state index in [0.717, 1.165) is 5.56 Å². The minimum atomic E-state index is -4.35. The molecule has 2 aromatic rings. The zero-order valence-corrected chi connectivity index (χ0v) is 12.8. The number of anilines is 1. The Labute approximate surface area is 131 Å². The predicted octanol–water partition coefficient (Wildman–Crippen LogP) is 2.41. The molecule has 126 valence electrons. The van der Waals surface area contributed by atoms with Gasteiger partial charge in [-0.3, -0.25) is 4.72 Å². The highest BCUT2D eigenvalue weighted by atomic mass is 32.2. The third kappa shape index (κ3) is 6.27. The van der Waals surface area contributed by atoms with Crippen LogP contribution in [0.3, 0.4) is 0 Å². The molecule has 0 spiro atoms. The first-order valence-electron chi connectivity index (χ1n) is 6.72. The first-order chi connectivity index (χ1) is 10.7. The van der Waals surface area contributed by atoms with Gasteiger partial charge in [0.1, 0.15) is 12.7 Å². The van der Waals surface area contributed by atoms with Crippen LogP contribution in [0.5, 0.6) is 0 Å². The molecule has 1 aromatic heterocycles. The molecule has 1 N–H and O–H groups in total. The van der Waals surface area contributed by atoms with Crippen molar-refractivity contribution < 1.29 is 21.6 Å². The first-order valence-corrected chi connectivity index (χ1v) is 8.37. The first kappa shape index (κ1) is 17.3. The van der Waals surface area contributed by atoms with Crippen LogP contribution in [0.2, 0.25) is 0 Å². The van der Waals surface area contributed by atoms with E-state index in [2.05, 4.69) is 14.8 Å². The van der Waals surface area contributed by atoms with E-state index in [1.54, 1.807) is 35.3 Å². The standard InChI is InChI=1S/C13H15F3N4O2S/c14-13(15,16)6-1-7-23(21,22)19-12-4-2-11(3-5-12)8-20-10-17-9-18-20/h2-5,9-10,19H,1,6-8H2. The highest BCUT2D eigenvalue weighted by Crippen LogP contribution is 2.22. The summed E-state index contributed by atoms with van der Waals surface area (Å²) < 4.78 is 63.4. The molecule has 0 aliphatic carbocycles. The Morgan fingerprint density at radius 2 is 1.87 bits per heavy atom. The van der Waals surface area contributed by atoms with Crippen LogP contribution in [-0.4, -0.2) is 35.1 Å². The van der Waals surface area contributed by atoms with Crippen LogP contribution in [-0.2, 0) is 16.6 Å². The molecule has 0 aliphatic rings. The lowest BCUT2D eigenvalue weighted by atomic mass is 10.2. The zero-order chi connectivity index (χ0) is 16.9. The summed E-state index contributed by atoms with van der Waals surface area (Å²) in [5.41, 5.74) is 1.19. The summed E-state index contributed by atoms with van der Waals surface area (Å²) in [5.74, 6) is -0.576. The van der Waals surface area contributed by atoms with Crippen molar-refractivity contribution in [1.82, 2.24) is 14.8 Å². The van der Waals surface area contributed by atoms with Crippen LogP contribution in [0.15, 0.2) is 36.9 Å². The lowest BCUT2D eigenvalue weighted by Gasteiger charge is -2.10. The molecule has 0 saturated heterocycles. The number of aromatic nitrogens is 3. The molecule has 0 saturated carbocycles. The van der Waals surface area contributed by atoms with Gasteiger partial charge in [-0.15, -0.1) is 0 Å². The molecule has 23 heavy (non-hydrogen) atoms. The highest BCUT2D eigenvalue weighted by Gasteiger charge is 2.27. The Bertz CT molecular complexity index is 713. The second-order valence-electron chi connectivity index (χ2n) is 4.93. The molecular weight excluding hydrogens is 333 g/mol. The maximum atomic E-state index is 12.0. The van der Waals surface area contributed by atoms with E-state index in [4.69, 9.17) is 0 Å². The van der Waals surface area contributed by atoms with Crippen molar-refractivity contribution >= 4 is 15.7 Å². The maximum absolute atomic E-state index is 12.0. The highest BCUT2D eigenvalue weighted by molar-refractivity contribution is 7.92. The van der Waals surface area contributed by atoms with Crippen LogP contribution in [0.1, 0.15) is 18.4 Å². The molecule has 0 unspecified atom stereocenters. The summed E-state index contributed by atoms with van der Waals surface area (Å²) >= 11 is 0. The Balaban J connectivity index is 1.89. The lowest BCUT2D eigenvalue weighted by molar-refractivity contribution is -0.134. The van der Waals surface area contributed by atoms with Crippen molar-refractivity contribution in [3.05, 3.63) is 42.5 Å². The molecule has 2 rings (SSSR count). The number of halogens is 3. The van der Waals surface area contributed by atoms with Crippen molar-refractivity contribution in [2.75, 3.05) is 10.5 Å². The molecule has 0 atom stereocenters.